The average Bonchev–Trinajstić information content (AvgIpc) is 4.18. The minimum atomic E-state index is -1.08. The number of nitrogens with one attached hydrogen (secondary N) is 5. The number of carboxylic acids is 1. The Kier molecular flexibility index (Phi) is 23.0. The second-order valence-corrected chi connectivity index (χ2v) is 20.0. The maximum absolute atomic E-state index is 13.8. The quantitative estimate of drug-likeness (QED) is 0.0226. The van der Waals surface area contributed by atoms with Crippen molar-refractivity contribution in [2.45, 2.75) is 136 Å². The monoisotopic (exact) mass is 1050 g/mol. The number of aryl methyl sites for hydroxylation is 2. The molecule has 0 fully saturated rings. The fourth-order valence-corrected chi connectivity index (χ4v) is 9.94. The fraction of sp³-hybridized carbons (Fsp3) is 0.552. The molecular formula is C58H82N8O10. The number of unbranched alkanes of at least 4 members (excludes halogenated alkanes) is 1. The zero-order valence-electron chi connectivity index (χ0n) is 45.8. The van der Waals surface area contributed by atoms with Gasteiger partial charge >= 0.3 is 5.97 Å². The van der Waals surface area contributed by atoms with Crippen molar-refractivity contribution in [3.63, 3.8) is 0 Å². The van der Waals surface area contributed by atoms with Gasteiger partial charge in [-0.2, -0.15) is 0 Å². The topological polar surface area (TPSA) is 254 Å². The highest BCUT2D eigenvalue weighted by molar-refractivity contribution is 6.13. The number of Topliss-reactive ketones (excluding diaryl/α,β-unsaturated/α-hetero) is 1. The Morgan fingerprint density at radius 1 is 0.882 bits per heavy atom. The maximum Gasteiger partial charge on any atom is 0.326 e. The van der Waals surface area contributed by atoms with Crippen molar-refractivity contribution in [2.75, 3.05) is 72.5 Å². The van der Waals surface area contributed by atoms with Crippen LogP contribution in [0.2, 0.25) is 0 Å². The second-order valence-electron chi connectivity index (χ2n) is 20.0. The summed E-state index contributed by atoms with van der Waals surface area (Å²) in [7, 11) is 0. The normalized spacial score (nSPS) is 16.3. The number of ketones is 1. The third-order valence-electron chi connectivity index (χ3n) is 14.3. The van der Waals surface area contributed by atoms with Crippen LogP contribution < -0.4 is 21.7 Å². The number of allylic oxidation sites excluding steroid dienone is 2. The number of aliphatic carboxylic acids is 1. The van der Waals surface area contributed by atoms with Gasteiger partial charge in [-0.25, -0.2) is 9.78 Å². The Morgan fingerprint density at radius 2 is 1.59 bits per heavy atom. The van der Waals surface area contributed by atoms with E-state index >= 15 is 0 Å². The summed E-state index contributed by atoms with van der Waals surface area (Å²) in [5, 5.41) is 19.1. The third-order valence-corrected chi connectivity index (χ3v) is 14.3. The summed E-state index contributed by atoms with van der Waals surface area (Å²) >= 11 is 0. The average molecular weight is 1050 g/mol. The van der Waals surface area contributed by atoms with Gasteiger partial charge in [0.15, 0.2) is 5.78 Å². The van der Waals surface area contributed by atoms with Gasteiger partial charge in [0.1, 0.15) is 18.8 Å². The number of amides is 2. The van der Waals surface area contributed by atoms with Gasteiger partial charge in [0, 0.05) is 89.4 Å². The summed E-state index contributed by atoms with van der Waals surface area (Å²) in [6.45, 7) is 23.4. The van der Waals surface area contributed by atoms with Gasteiger partial charge < -0.3 is 60.4 Å². The molecule has 5 heterocycles. The molecule has 6 rings (SSSR count). The molecule has 2 amide bonds. The number of hydrogen-bond acceptors (Lipinski definition) is 13. The number of hydrogen-bond donors (Lipinski definition) is 7. The molecule has 3 aromatic heterocycles. The van der Waals surface area contributed by atoms with Crippen LogP contribution in [0.15, 0.2) is 37.1 Å². The van der Waals surface area contributed by atoms with E-state index in [4.69, 9.17) is 39.4 Å². The predicted octanol–water partition coefficient (Wildman–Crippen LogP) is 7.88. The first-order chi connectivity index (χ1) is 36.6. The van der Waals surface area contributed by atoms with Gasteiger partial charge in [-0.1, -0.05) is 26.5 Å². The largest absolute Gasteiger partial charge is 0.496 e. The lowest BCUT2D eigenvalue weighted by molar-refractivity contribution is -0.142. The molecule has 18 nitrogen and oxygen atoms in total. The highest BCUT2D eigenvalue weighted by Crippen LogP contribution is 2.44. The van der Waals surface area contributed by atoms with E-state index < -0.39 is 12.0 Å². The van der Waals surface area contributed by atoms with E-state index in [9.17, 15) is 24.3 Å². The summed E-state index contributed by atoms with van der Waals surface area (Å²) in [5.74, 6) is -1.93. The molecule has 0 spiro atoms. The SMILES string of the molecule is C=Cc1c(C)c2cc3nc(c4c5[nH]c(cc6nc(cc1[nH]2)C(C)=C6CC)c(C)c5C(=O)C4)C(CCC(=O)NC(CCCCNC(C)C=COC(C)COCC(=O)NCCCOCCOCCOCCCN)C(=O)O)[C@@H]3C. The summed E-state index contributed by atoms with van der Waals surface area (Å²) in [4.78, 5) is 69.6. The minimum absolute atomic E-state index is 0.0189. The summed E-state index contributed by atoms with van der Waals surface area (Å²) < 4.78 is 27.6. The van der Waals surface area contributed by atoms with Crippen molar-refractivity contribution >= 4 is 62.9 Å². The van der Waals surface area contributed by atoms with Gasteiger partial charge in [-0.15, -0.1) is 0 Å². The van der Waals surface area contributed by atoms with Crippen LogP contribution in [0.4, 0.5) is 0 Å². The Labute approximate surface area is 447 Å². The number of H-pyrrole nitrogens is 2. The third kappa shape index (κ3) is 16.0. The predicted molar refractivity (Wildman–Crippen MR) is 297 cm³/mol. The molecule has 8 bridgehead atoms. The van der Waals surface area contributed by atoms with Crippen LogP contribution in [-0.2, 0) is 44.5 Å². The van der Waals surface area contributed by atoms with Gasteiger partial charge in [0.05, 0.1) is 61.9 Å². The van der Waals surface area contributed by atoms with Crippen molar-refractivity contribution in [1.29, 1.82) is 0 Å². The molecule has 0 saturated heterocycles. The molecule has 0 aromatic carbocycles. The van der Waals surface area contributed by atoms with Crippen LogP contribution in [0.5, 0.6) is 0 Å². The maximum atomic E-state index is 13.8. The van der Waals surface area contributed by atoms with Gasteiger partial charge in [-0.3, -0.25) is 19.4 Å². The Morgan fingerprint density at radius 3 is 2.30 bits per heavy atom. The molecular weight excluding hydrogens is 969 g/mol. The first kappa shape index (κ1) is 59.2. The van der Waals surface area contributed by atoms with Crippen molar-refractivity contribution in [2.24, 2.45) is 5.73 Å². The molecule has 18 heteroatoms. The fourth-order valence-electron chi connectivity index (χ4n) is 9.94. The van der Waals surface area contributed by atoms with Crippen molar-refractivity contribution in [3.8, 4) is 0 Å². The lowest BCUT2D eigenvalue weighted by Crippen LogP contribution is -2.40. The van der Waals surface area contributed by atoms with E-state index in [0.717, 1.165) is 91.1 Å². The molecule has 1 aliphatic carbocycles. The second kappa shape index (κ2) is 29.5. The molecule has 2 aliphatic heterocycles. The first-order valence-corrected chi connectivity index (χ1v) is 27.1. The zero-order chi connectivity index (χ0) is 54.7. The summed E-state index contributed by atoms with van der Waals surface area (Å²) in [6, 6.07) is 5.13. The number of aromatic amines is 2. The molecule has 0 radical (unpaired) electrons. The number of ether oxygens (including phenoxy) is 5. The number of aromatic nitrogens is 4. The number of fused-ring (bicyclic) bond motifs is 8. The van der Waals surface area contributed by atoms with E-state index in [2.05, 4.69) is 72.3 Å². The highest BCUT2D eigenvalue weighted by atomic mass is 16.5. The van der Waals surface area contributed by atoms with Crippen LogP contribution in [0.1, 0.15) is 153 Å². The van der Waals surface area contributed by atoms with Crippen molar-refractivity contribution < 1.29 is 48.0 Å². The van der Waals surface area contributed by atoms with E-state index in [1.54, 1.807) is 6.26 Å². The standard InChI is InChI=1S/C58H82N8O10/c1-9-41-37(5)46-30-48-39(7)43(56(65-48)44-29-52(67)55-40(8)49(66-57(44)55)32-51-42(10-2)38(6)47(63-51)31-50(41)62-46)16-17-53(68)64-45(58(70)71)15-11-12-20-60-35(3)18-24-76-36(4)33-75-34-54(69)61-21-14-23-73-26-28-74-27-25-72-22-13-19-59/h9,18,24,30-32,35-36,39,43,45,60,62,66H,1,10-17,19-23,25-29,33-34,59H2,2-8H3,(H,61,69)(H,64,68)(H,70,71)/t35?,36?,39-,43?,45?/m0/s1. The number of carboxylic acid groups (broad SMARTS) is 1. The van der Waals surface area contributed by atoms with Crippen LogP contribution in [-0.4, -0.2) is 139 Å². The molecule has 76 heavy (non-hydrogen) atoms. The molecule has 414 valence electrons. The molecule has 5 atom stereocenters. The lowest BCUT2D eigenvalue weighted by atomic mass is 9.85. The number of nitrogens with zero attached hydrogens (tertiary/aromatic N) is 2. The summed E-state index contributed by atoms with van der Waals surface area (Å²) in [5.41, 5.74) is 18.8. The molecule has 4 unspecified atom stereocenters. The Hall–Kier alpha value is -6.02. The van der Waals surface area contributed by atoms with E-state index in [1.807, 2.05) is 39.0 Å². The Balaban J connectivity index is 0.949. The van der Waals surface area contributed by atoms with Gasteiger partial charge in [0.2, 0.25) is 11.8 Å². The van der Waals surface area contributed by atoms with Gasteiger partial charge in [0.25, 0.3) is 0 Å². The number of rotatable bonds is 33. The van der Waals surface area contributed by atoms with Crippen LogP contribution in [0.25, 0.3) is 39.3 Å². The number of carbonyl (C=O) groups is 4. The highest BCUT2D eigenvalue weighted by Gasteiger charge is 2.36. The molecule has 3 aliphatic rings. The molecule has 3 aromatic rings. The van der Waals surface area contributed by atoms with Crippen LogP contribution >= 0.6 is 0 Å². The van der Waals surface area contributed by atoms with Crippen molar-refractivity contribution in [3.05, 3.63) is 87.7 Å². The Bertz CT molecular complexity index is 2740. The van der Waals surface area contributed by atoms with E-state index in [-0.39, 0.29) is 74.1 Å². The summed E-state index contributed by atoms with van der Waals surface area (Å²) in [6.07, 6.45) is 9.63. The first-order valence-electron chi connectivity index (χ1n) is 27.1. The molecule has 8 N–H and O–H groups in total. The van der Waals surface area contributed by atoms with Crippen LogP contribution in [0.3, 0.4) is 0 Å². The van der Waals surface area contributed by atoms with Gasteiger partial charge in [-0.05, 0) is 139 Å². The molecule has 0 saturated carbocycles. The number of nitrogens with two attached hydrogens (primary N) is 1. The number of carbonyl (C=O) groups excluding carboxylic acids is 3. The van der Waals surface area contributed by atoms with E-state index in [1.165, 1.54) is 0 Å². The minimum Gasteiger partial charge on any atom is -0.496 e. The lowest BCUT2D eigenvalue weighted by Gasteiger charge is -2.19. The van der Waals surface area contributed by atoms with Crippen LogP contribution in [0, 0.1) is 13.8 Å². The zero-order valence-corrected chi connectivity index (χ0v) is 45.8. The van der Waals surface area contributed by atoms with Crippen molar-refractivity contribution in [1.82, 2.24) is 35.9 Å². The van der Waals surface area contributed by atoms with E-state index in [0.29, 0.717) is 90.5 Å². The smallest absolute Gasteiger partial charge is 0.326 e.